The Morgan fingerprint density at radius 1 is 1.28 bits per heavy atom. The van der Waals surface area contributed by atoms with E-state index in [0.717, 1.165) is 12.2 Å². The van der Waals surface area contributed by atoms with Gasteiger partial charge >= 0.3 is 0 Å². The highest BCUT2D eigenvalue weighted by Crippen LogP contribution is 2.18. The summed E-state index contributed by atoms with van der Waals surface area (Å²) in [5.41, 5.74) is 0. The molecule has 3 rings (SSSR count). The number of carbonyl (C=O) groups is 1. The monoisotopic (exact) mass is 342 g/mol. The zero-order chi connectivity index (χ0) is 17.6. The van der Waals surface area contributed by atoms with Crippen LogP contribution < -0.4 is 14.4 Å². The molecule has 0 spiro atoms. The van der Waals surface area contributed by atoms with Crippen LogP contribution in [-0.4, -0.2) is 60.7 Å². The molecule has 1 saturated heterocycles. The van der Waals surface area contributed by atoms with Gasteiger partial charge in [0.25, 0.3) is 5.91 Å². The molecule has 1 amide bonds. The largest absolute Gasteiger partial charge is 0.484 e. The molecule has 25 heavy (non-hydrogen) atoms. The van der Waals surface area contributed by atoms with Crippen molar-refractivity contribution in [3.05, 3.63) is 42.7 Å². The molecule has 0 bridgehead atoms. The van der Waals surface area contributed by atoms with Crippen LogP contribution in [0.5, 0.6) is 11.6 Å². The highest BCUT2D eigenvalue weighted by atomic mass is 16.5. The number of hydrogen-bond acceptors (Lipinski definition) is 6. The van der Waals surface area contributed by atoms with Crippen LogP contribution in [0.1, 0.15) is 6.42 Å². The van der Waals surface area contributed by atoms with Gasteiger partial charge in [-0.05, 0) is 12.1 Å². The Kier molecular flexibility index (Phi) is 5.33. The molecule has 1 aliphatic rings. The first-order valence-corrected chi connectivity index (χ1v) is 8.23. The van der Waals surface area contributed by atoms with Gasteiger partial charge in [0.05, 0.1) is 18.9 Å². The lowest BCUT2D eigenvalue weighted by Crippen LogP contribution is -2.34. The maximum atomic E-state index is 12.3. The van der Waals surface area contributed by atoms with Crippen LogP contribution in [0.25, 0.3) is 0 Å². The number of hydrogen-bond donors (Lipinski definition) is 0. The van der Waals surface area contributed by atoms with Crippen molar-refractivity contribution in [2.75, 3.05) is 38.7 Å². The first-order valence-electron chi connectivity index (χ1n) is 8.23. The summed E-state index contributed by atoms with van der Waals surface area (Å²) in [7, 11) is 3.80. The third-order valence-electron chi connectivity index (χ3n) is 3.95. The van der Waals surface area contributed by atoms with Crippen molar-refractivity contribution < 1.29 is 14.3 Å². The quantitative estimate of drug-likeness (QED) is 0.794. The molecule has 0 aliphatic carbocycles. The number of para-hydroxylation sites is 1. The number of anilines is 1. The van der Waals surface area contributed by atoms with Gasteiger partial charge in [-0.2, -0.15) is 4.98 Å². The standard InChI is InChI=1S/C18H22N4O3/c1-21(2)16-10-19-11-17(20-16)25-15-8-9-22(12-15)18(23)13-24-14-6-4-3-5-7-14/h3-7,10-11,15H,8-9,12-13H2,1-2H3. The SMILES string of the molecule is CN(C)c1cncc(OC2CCN(C(=O)COc3ccccc3)C2)n1. The van der Waals surface area contributed by atoms with E-state index in [0.29, 0.717) is 24.7 Å². The molecule has 1 fully saturated rings. The van der Waals surface area contributed by atoms with E-state index < -0.39 is 0 Å². The Balaban J connectivity index is 1.49. The molecule has 7 heteroatoms. The maximum Gasteiger partial charge on any atom is 0.260 e. The van der Waals surface area contributed by atoms with Gasteiger partial charge in [-0.25, -0.2) is 0 Å². The second kappa shape index (κ2) is 7.83. The summed E-state index contributed by atoms with van der Waals surface area (Å²) < 4.78 is 11.4. The molecule has 2 heterocycles. The number of carbonyl (C=O) groups excluding carboxylic acids is 1. The summed E-state index contributed by atoms with van der Waals surface area (Å²) in [6, 6.07) is 9.33. The molecule has 1 unspecified atom stereocenters. The van der Waals surface area contributed by atoms with E-state index in [-0.39, 0.29) is 18.6 Å². The topological polar surface area (TPSA) is 67.8 Å². The second-order valence-electron chi connectivity index (χ2n) is 6.08. The molecule has 0 radical (unpaired) electrons. The summed E-state index contributed by atoms with van der Waals surface area (Å²) in [4.78, 5) is 24.4. The first-order chi connectivity index (χ1) is 12.1. The van der Waals surface area contributed by atoms with Crippen LogP contribution in [0.15, 0.2) is 42.7 Å². The highest BCUT2D eigenvalue weighted by Gasteiger charge is 2.28. The molecule has 1 aliphatic heterocycles. The van der Waals surface area contributed by atoms with Crippen LogP contribution in [0.3, 0.4) is 0 Å². The summed E-state index contributed by atoms with van der Waals surface area (Å²) in [5, 5.41) is 0. The number of rotatable bonds is 6. The number of benzene rings is 1. The van der Waals surface area contributed by atoms with Gasteiger partial charge in [0.15, 0.2) is 12.4 Å². The van der Waals surface area contributed by atoms with Crippen molar-refractivity contribution in [3.63, 3.8) is 0 Å². The molecular weight excluding hydrogens is 320 g/mol. The van der Waals surface area contributed by atoms with Crippen LogP contribution >= 0.6 is 0 Å². The third kappa shape index (κ3) is 4.59. The second-order valence-corrected chi connectivity index (χ2v) is 6.08. The van der Waals surface area contributed by atoms with Gasteiger partial charge in [-0.15, -0.1) is 0 Å². The van der Waals surface area contributed by atoms with Crippen LogP contribution in [0.2, 0.25) is 0 Å². The molecule has 0 N–H and O–H groups in total. The summed E-state index contributed by atoms with van der Waals surface area (Å²) in [6.45, 7) is 1.22. The fourth-order valence-corrected chi connectivity index (χ4v) is 2.59. The van der Waals surface area contributed by atoms with E-state index in [1.807, 2.05) is 49.3 Å². The zero-order valence-electron chi connectivity index (χ0n) is 14.5. The highest BCUT2D eigenvalue weighted by molar-refractivity contribution is 5.78. The molecule has 132 valence electrons. The maximum absolute atomic E-state index is 12.3. The van der Waals surface area contributed by atoms with Crippen LogP contribution in [0, 0.1) is 0 Å². The molecule has 1 aromatic carbocycles. The van der Waals surface area contributed by atoms with E-state index >= 15 is 0 Å². The van der Waals surface area contributed by atoms with E-state index in [2.05, 4.69) is 9.97 Å². The van der Waals surface area contributed by atoms with Crippen molar-refractivity contribution in [1.82, 2.24) is 14.9 Å². The van der Waals surface area contributed by atoms with Crippen LogP contribution in [-0.2, 0) is 4.79 Å². The molecule has 1 atom stereocenters. The normalized spacial score (nSPS) is 16.6. The van der Waals surface area contributed by atoms with Gasteiger partial charge < -0.3 is 19.3 Å². The molecule has 2 aromatic rings. The number of likely N-dealkylation sites (tertiary alicyclic amines) is 1. The average molecular weight is 342 g/mol. The lowest BCUT2D eigenvalue weighted by Gasteiger charge is -2.18. The van der Waals surface area contributed by atoms with Crippen molar-refractivity contribution in [1.29, 1.82) is 0 Å². The predicted molar refractivity (Wildman–Crippen MR) is 93.9 cm³/mol. The minimum atomic E-state index is -0.0765. The lowest BCUT2D eigenvalue weighted by atomic mass is 10.3. The summed E-state index contributed by atoms with van der Waals surface area (Å²) >= 11 is 0. The minimum absolute atomic E-state index is 0.0344. The van der Waals surface area contributed by atoms with Crippen molar-refractivity contribution in [2.45, 2.75) is 12.5 Å². The zero-order valence-corrected chi connectivity index (χ0v) is 14.5. The Bertz CT molecular complexity index is 708. The van der Waals surface area contributed by atoms with E-state index in [9.17, 15) is 4.79 Å². The smallest absolute Gasteiger partial charge is 0.260 e. The van der Waals surface area contributed by atoms with Crippen molar-refractivity contribution in [2.24, 2.45) is 0 Å². The number of aromatic nitrogens is 2. The van der Waals surface area contributed by atoms with E-state index in [1.165, 1.54) is 0 Å². The Hall–Kier alpha value is -2.83. The van der Waals surface area contributed by atoms with E-state index in [4.69, 9.17) is 9.47 Å². The van der Waals surface area contributed by atoms with Gasteiger partial charge in [0, 0.05) is 27.1 Å². The first kappa shape index (κ1) is 17.0. The number of ether oxygens (including phenoxy) is 2. The average Bonchev–Trinajstić information content (AvgIpc) is 3.09. The van der Waals surface area contributed by atoms with Crippen molar-refractivity contribution >= 4 is 11.7 Å². The Morgan fingerprint density at radius 2 is 2.08 bits per heavy atom. The van der Waals surface area contributed by atoms with E-state index in [1.54, 1.807) is 17.3 Å². The van der Waals surface area contributed by atoms with Gasteiger partial charge in [0.2, 0.25) is 5.88 Å². The fraction of sp³-hybridized carbons (Fsp3) is 0.389. The van der Waals surface area contributed by atoms with Crippen molar-refractivity contribution in [3.8, 4) is 11.6 Å². The minimum Gasteiger partial charge on any atom is -0.484 e. The fourth-order valence-electron chi connectivity index (χ4n) is 2.59. The molecular formula is C18H22N4O3. The molecule has 7 nitrogen and oxygen atoms in total. The van der Waals surface area contributed by atoms with Gasteiger partial charge in [0.1, 0.15) is 11.9 Å². The Labute approximate surface area is 147 Å². The summed E-state index contributed by atoms with van der Waals surface area (Å²) in [6.07, 6.45) is 3.96. The number of amides is 1. The molecule has 1 aromatic heterocycles. The number of nitrogens with zero attached hydrogens (tertiary/aromatic N) is 4. The third-order valence-corrected chi connectivity index (χ3v) is 3.95. The molecule has 0 saturated carbocycles. The lowest BCUT2D eigenvalue weighted by molar-refractivity contribution is -0.132. The predicted octanol–water partition coefficient (Wildman–Crippen LogP) is 1.60. The van der Waals surface area contributed by atoms with Crippen LogP contribution in [0.4, 0.5) is 5.82 Å². The Morgan fingerprint density at radius 3 is 2.84 bits per heavy atom. The van der Waals surface area contributed by atoms with Gasteiger partial charge in [-0.3, -0.25) is 9.78 Å². The van der Waals surface area contributed by atoms with Gasteiger partial charge in [-0.1, -0.05) is 18.2 Å². The summed E-state index contributed by atoms with van der Waals surface area (Å²) in [5.74, 6) is 1.87.